The van der Waals surface area contributed by atoms with Gasteiger partial charge in [-0.15, -0.1) is 0 Å². The molecule has 19 heavy (non-hydrogen) atoms. The van der Waals surface area contributed by atoms with Crippen LogP contribution in [0.4, 0.5) is 0 Å². The van der Waals surface area contributed by atoms with E-state index in [2.05, 4.69) is 16.7 Å². The van der Waals surface area contributed by atoms with Crippen LogP contribution in [0, 0.1) is 0 Å². The molecule has 0 bridgehead atoms. The van der Waals surface area contributed by atoms with Crippen molar-refractivity contribution in [1.82, 2.24) is 9.80 Å². The summed E-state index contributed by atoms with van der Waals surface area (Å²) in [6.07, 6.45) is 6.76. The van der Waals surface area contributed by atoms with Gasteiger partial charge in [0.25, 0.3) is 0 Å². The molecule has 2 saturated heterocycles. The van der Waals surface area contributed by atoms with E-state index in [0.29, 0.717) is 12.1 Å². The quantitative estimate of drug-likeness (QED) is 0.756. The normalized spacial score (nSPS) is 27.8. The van der Waals surface area contributed by atoms with Crippen LogP contribution in [0.5, 0.6) is 0 Å². The number of rotatable bonds is 7. The van der Waals surface area contributed by atoms with Crippen LogP contribution in [0.1, 0.15) is 39.0 Å². The Labute approximate surface area is 118 Å². The first-order chi connectivity index (χ1) is 9.33. The van der Waals surface area contributed by atoms with E-state index in [1.807, 2.05) is 0 Å². The molecule has 0 saturated carbocycles. The zero-order valence-electron chi connectivity index (χ0n) is 12.5. The van der Waals surface area contributed by atoms with Gasteiger partial charge in [0, 0.05) is 51.9 Å². The van der Waals surface area contributed by atoms with Gasteiger partial charge in [0.1, 0.15) is 0 Å². The highest BCUT2D eigenvalue weighted by atomic mass is 16.5. The molecule has 2 atom stereocenters. The number of hydrogen-bond donors (Lipinski definition) is 1. The van der Waals surface area contributed by atoms with Crippen LogP contribution in [0.2, 0.25) is 0 Å². The highest BCUT2D eigenvalue weighted by Gasteiger charge is 2.23. The fourth-order valence-electron chi connectivity index (χ4n) is 3.33. The van der Waals surface area contributed by atoms with Crippen LogP contribution in [0.3, 0.4) is 0 Å². The van der Waals surface area contributed by atoms with Gasteiger partial charge in [-0.05, 0) is 25.7 Å². The molecule has 4 nitrogen and oxygen atoms in total. The number of hydrogen-bond acceptors (Lipinski definition) is 4. The summed E-state index contributed by atoms with van der Waals surface area (Å²) in [5.41, 5.74) is 5.89. The fourth-order valence-corrected chi connectivity index (χ4v) is 3.33. The average molecular weight is 269 g/mol. The van der Waals surface area contributed by atoms with E-state index in [4.69, 9.17) is 10.5 Å². The maximum atomic E-state index is 5.89. The minimum Gasteiger partial charge on any atom is -0.378 e. The Morgan fingerprint density at radius 2 is 2.05 bits per heavy atom. The van der Waals surface area contributed by atoms with E-state index < -0.39 is 0 Å². The zero-order chi connectivity index (χ0) is 13.5. The summed E-state index contributed by atoms with van der Waals surface area (Å²) in [5.74, 6) is 0. The minimum atomic E-state index is 0.537. The Morgan fingerprint density at radius 3 is 2.63 bits per heavy atom. The second-order valence-corrected chi connectivity index (χ2v) is 5.98. The van der Waals surface area contributed by atoms with Gasteiger partial charge in [-0.2, -0.15) is 0 Å². The Balaban J connectivity index is 1.63. The first-order valence-electron chi connectivity index (χ1n) is 8.11. The summed E-state index contributed by atoms with van der Waals surface area (Å²) in [5, 5.41) is 0. The van der Waals surface area contributed by atoms with Gasteiger partial charge in [-0.1, -0.05) is 13.3 Å². The third kappa shape index (κ3) is 4.71. The maximum Gasteiger partial charge on any atom is 0.0588 e. The molecular formula is C15H31N3O. The van der Waals surface area contributed by atoms with Crippen LogP contribution < -0.4 is 5.73 Å². The lowest BCUT2D eigenvalue weighted by Crippen LogP contribution is -2.52. The van der Waals surface area contributed by atoms with E-state index in [0.717, 1.165) is 13.2 Å². The van der Waals surface area contributed by atoms with Crippen molar-refractivity contribution in [3.63, 3.8) is 0 Å². The molecular weight excluding hydrogens is 238 g/mol. The predicted molar refractivity (Wildman–Crippen MR) is 79.4 cm³/mol. The van der Waals surface area contributed by atoms with Crippen molar-refractivity contribution < 1.29 is 4.74 Å². The predicted octanol–water partition coefficient (Wildman–Crippen LogP) is 1.30. The highest BCUT2D eigenvalue weighted by Crippen LogP contribution is 2.17. The van der Waals surface area contributed by atoms with Crippen LogP contribution in [-0.2, 0) is 4.74 Å². The lowest BCUT2D eigenvalue weighted by molar-refractivity contribution is 0.0658. The summed E-state index contributed by atoms with van der Waals surface area (Å²) in [6, 6.07) is 0.602. The summed E-state index contributed by atoms with van der Waals surface area (Å²) < 4.78 is 5.70. The number of ether oxygens (including phenoxy) is 1. The molecule has 2 heterocycles. The topological polar surface area (TPSA) is 41.7 Å². The van der Waals surface area contributed by atoms with Gasteiger partial charge in [-0.3, -0.25) is 4.90 Å². The van der Waals surface area contributed by atoms with Crippen molar-refractivity contribution >= 4 is 0 Å². The van der Waals surface area contributed by atoms with Crippen LogP contribution >= 0.6 is 0 Å². The summed E-state index contributed by atoms with van der Waals surface area (Å²) in [7, 11) is 0. The summed E-state index contributed by atoms with van der Waals surface area (Å²) >= 11 is 0. The van der Waals surface area contributed by atoms with Gasteiger partial charge in [0.05, 0.1) is 6.10 Å². The maximum absolute atomic E-state index is 5.89. The first kappa shape index (κ1) is 15.2. The molecule has 0 amide bonds. The van der Waals surface area contributed by atoms with Crippen molar-refractivity contribution in [3.8, 4) is 0 Å². The third-order valence-electron chi connectivity index (χ3n) is 4.61. The Morgan fingerprint density at radius 1 is 1.26 bits per heavy atom. The average Bonchev–Trinajstić information content (AvgIpc) is 2.96. The molecule has 2 unspecified atom stereocenters. The van der Waals surface area contributed by atoms with Gasteiger partial charge in [0.15, 0.2) is 0 Å². The highest BCUT2D eigenvalue weighted by molar-refractivity contribution is 4.79. The molecule has 0 radical (unpaired) electrons. The third-order valence-corrected chi connectivity index (χ3v) is 4.61. The molecule has 2 aliphatic heterocycles. The molecule has 2 aliphatic rings. The Bertz CT molecular complexity index is 236. The molecule has 0 aromatic heterocycles. The second kappa shape index (κ2) is 8.20. The number of nitrogens with two attached hydrogens (primary N) is 1. The van der Waals surface area contributed by atoms with E-state index >= 15 is 0 Å². The lowest BCUT2D eigenvalue weighted by atomic mass is 10.1. The molecule has 0 aromatic rings. The van der Waals surface area contributed by atoms with Crippen LogP contribution in [0.25, 0.3) is 0 Å². The lowest BCUT2D eigenvalue weighted by Gasteiger charge is -2.39. The SMILES string of the molecule is CCCC(CN)N1CCN(CCC2CCCO2)CC1. The van der Waals surface area contributed by atoms with E-state index in [1.54, 1.807) is 0 Å². The Kier molecular flexibility index (Phi) is 6.57. The number of piperazine rings is 1. The molecule has 112 valence electrons. The molecule has 2 fully saturated rings. The molecule has 0 aromatic carbocycles. The second-order valence-electron chi connectivity index (χ2n) is 5.98. The minimum absolute atomic E-state index is 0.537. The first-order valence-corrected chi connectivity index (χ1v) is 8.11. The largest absolute Gasteiger partial charge is 0.378 e. The van der Waals surface area contributed by atoms with Crippen molar-refractivity contribution in [2.75, 3.05) is 45.9 Å². The summed E-state index contributed by atoms with van der Waals surface area (Å²) in [6.45, 7) is 10.0. The van der Waals surface area contributed by atoms with Crippen LogP contribution in [-0.4, -0.2) is 67.8 Å². The molecule has 2 N–H and O–H groups in total. The van der Waals surface area contributed by atoms with Crippen LogP contribution in [0.15, 0.2) is 0 Å². The van der Waals surface area contributed by atoms with Gasteiger partial charge >= 0.3 is 0 Å². The molecule has 0 spiro atoms. The van der Waals surface area contributed by atoms with E-state index in [-0.39, 0.29) is 0 Å². The van der Waals surface area contributed by atoms with E-state index in [1.165, 1.54) is 64.8 Å². The standard InChI is InChI=1S/C15H31N3O/c1-2-4-14(13-16)18-10-8-17(9-11-18)7-6-15-5-3-12-19-15/h14-15H,2-13,16H2,1H3. The van der Waals surface area contributed by atoms with Gasteiger partial charge < -0.3 is 15.4 Å². The smallest absolute Gasteiger partial charge is 0.0588 e. The summed E-state index contributed by atoms with van der Waals surface area (Å²) in [4.78, 5) is 5.18. The molecule has 2 rings (SSSR count). The van der Waals surface area contributed by atoms with Crippen molar-refractivity contribution in [2.24, 2.45) is 5.73 Å². The van der Waals surface area contributed by atoms with E-state index in [9.17, 15) is 0 Å². The number of nitrogens with zero attached hydrogens (tertiary/aromatic N) is 2. The fraction of sp³-hybridized carbons (Fsp3) is 1.00. The molecule has 4 heteroatoms. The van der Waals surface area contributed by atoms with Crippen molar-refractivity contribution in [2.45, 2.75) is 51.2 Å². The van der Waals surface area contributed by atoms with Gasteiger partial charge in [-0.25, -0.2) is 0 Å². The monoisotopic (exact) mass is 269 g/mol. The van der Waals surface area contributed by atoms with Crippen molar-refractivity contribution in [3.05, 3.63) is 0 Å². The zero-order valence-corrected chi connectivity index (χ0v) is 12.5. The van der Waals surface area contributed by atoms with Crippen molar-refractivity contribution in [1.29, 1.82) is 0 Å². The van der Waals surface area contributed by atoms with Gasteiger partial charge in [0.2, 0.25) is 0 Å². The molecule has 0 aliphatic carbocycles. The Hall–Kier alpha value is -0.160.